The van der Waals surface area contributed by atoms with E-state index in [1.54, 1.807) is 31.6 Å². The molecule has 0 aliphatic rings. The van der Waals surface area contributed by atoms with Gasteiger partial charge in [0.05, 0.1) is 19.3 Å². The van der Waals surface area contributed by atoms with E-state index in [4.69, 9.17) is 4.74 Å². The maximum absolute atomic E-state index is 13.7. The minimum atomic E-state index is -0.461. The fourth-order valence-electron chi connectivity index (χ4n) is 2.04. The third kappa shape index (κ3) is 5.08. The normalized spacial score (nSPS) is 11.5. The molecule has 0 aliphatic heterocycles. The quantitative estimate of drug-likeness (QED) is 0.675. The molecule has 1 heterocycles. The molecule has 3 N–H and O–H groups in total. The number of benzene rings is 1. The Hall–Kier alpha value is -2.90. The lowest BCUT2D eigenvalue weighted by atomic mass is 10.1. The van der Waals surface area contributed by atoms with Gasteiger partial charge >= 0.3 is 6.03 Å². The van der Waals surface area contributed by atoms with Crippen molar-refractivity contribution >= 4 is 11.8 Å². The van der Waals surface area contributed by atoms with E-state index in [1.807, 2.05) is 0 Å². The van der Waals surface area contributed by atoms with Crippen LogP contribution >= 0.6 is 0 Å². The topological polar surface area (TPSA) is 88.2 Å². The second-order valence-electron chi connectivity index (χ2n) is 5.03. The van der Waals surface area contributed by atoms with E-state index in [0.717, 1.165) is 0 Å². The number of rotatable bonds is 7. The molecule has 2 aromatic rings. The van der Waals surface area contributed by atoms with Gasteiger partial charge in [-0.25, -0.2) is 14.2 Å². The summed E-state index contributed by atoms with van der Waals surface area (Å²) >= 11 is 0. The van der Waals surface area contributed by atoms with Crippen molar-refractivity contribution in [1.29, 1.82) is 0 Å². The Morgan fingerprint density at radius 3 is 2.83 bits per heavy atom. The average Bonchev–Trinajstić information content (AvgIpc) is 2.59. The molecular formula is C16H20FN5O2. The third-order valence-electron chi connectivity index (χ3n) is 3.30. The minimum Gasteiger partial charge on any atom is -0.494 e. The number of ether oxygens (including phenoxy) is 1. The molecule has 0 aliphatic carbocycles. The molecule has 7 nitrogen and oxygen atoms in total. The van der Waals surface area contributed by atoms with Gasteiger partial charge in [-0.3, -0.25) is 4.98 Å². The molecule has 1 atom stereocenters. The molecule has 128 valence electrons. The van der Waals surface area contributed by atoms with Crippen LogP contribution in [0.1, 0.15) is 18.5 Å². The van der Waals surface area contributed by atoms with Gasteiger partial charge in [-0.1, -0.05) is 6.07 Å². The van der Waals surface area contributed by atoms with Gasteiger partial charge in [-0.2, -0.15) is 0 Å². The number of anilines is 1. The van der Waals surface area contributed by atoms with Gasteiger partial charge in [0.1, 0.15) is 5.82 Å². The highest BCUT2D eigenvalue weighted by atomic mass is 19.1. The summed E-state index contributed by atoms with van der Waals surface area (Å²) in [7, 11) is 1.41. The van der Waals surface area contributed by atoms with Crippen LogP contribution in [0.5, 0.6) is 5.75 Å². The van der Waals surface area contributed by atoms with Crippen LogP contribution in [0.25, 0.3) is 0 Å². The molecule has 1 aromatic carbocycles. The van der Waals surface area contributed by atoms with Crippen LogP contribution in [-0.4, -0.2) is 36.2 Å². The Morgan fingerprint density at radius 1 is 1.33 bits per heavy atom. The zero-order valence-corrected chi connectivity index (χ0v) is 13.5. The first-order valence-corrected chi connectivity index (χ1v) is 7.48. The molecule has 1 unspecified atom stereocenters. The summed E-state index contributed by atoms with van der Waals surface area (Å²) in [5.74, 6) is 0.351. The van der Waals surface area contributed by atoms with E-state index in [9.17, 15) is 9.18 Å². The summed E-state index contributed by atoms with van der Waals surface area (Å²) in [6.07, 6.45) is 4.76. The predicted molar refractivity (Wildman–Crippen MR) is 88.4 cm³/mol. The predicted octanol–water partition coefficient (Wildman–Crippen LogP) is 2.10. The fraction of sp³-hybridized carbons (Fsp3) is 0.312. The number of carbonyl (C=O) groups is 1. The van der Waals surface area contributed by atoms with Gasteiger partial charge in [-0.05, 0) is 24.6 Å². The molecule has 0 spiro atoms. The maximum atomic E-state index is 13.7. The van der Waals surface area contributed by atoms with Crippen molar-refractivity contribution in [2.45, 2.75) is 13.0 Å². The van der Waals surface area contributed by atoms with Crippen LogP contribution in [0.4, 0.5) is 15.0 Å². The molecule has 8 heteroatoms. The van der Waals surface area contributed by atoms with Crippen LogP contribution in [0.15, 0.2) is 36.8 Å². The molecule has 2 amide bonds. The molecule has 24 heavy (non-hydrogen) atoms. The summed E-state index contributed by atoms with van der Waals surface area (Å²) in [6, 6.07) is 3.92. The van der Waals surface area contributed by atoms with Crippen LogP contribution in [-0.2, 0) is 0 Å². The Kier molecular flexibility index (Phi) is 6.30. The number of aromatic nitrogens is 2. The van der Waals surface area contributed by atoms with Crippen LogP contribution < -0.4 is 20.7 Å². The van der Waals surface area contributed by atoms with Crippen molar-refractivity contribution in [3.63, 3.8) is 0 Å². The highest BCUT2D eigenvalue weighted by Crippen LogP contribution is 2.21. The highest BCUT2D eigenvalue weighted by Gasteiger charge is 2.11. The number of halogens is 1. The van der Waals surface area contributed by atoms with Crippen LogP contribution in [0.3, 0.4) is 0 Å². The van der Waals surface area contributed by atoms with Gasteiger partial charge in [0, 0.05) is 25.5 Å². The first-order chi connectivity index (χ1) is 11.6. The van der Waals surface area contributed by atoms with E-state index in [-0.39, 0.29) is 17.8 Å². The van der Waals surface area contributed by atoms with Crippen molar-refractivity contribution < 1.29 is 13.9 Å². The van der Waals surface area contributed by atoms with Gasteiger partial charge < -0.3 is 20.7 Å². The molecule has 0 fully saturated rings. The number of urea groups is 1. The molecule has 0 radical (unpaired) electrons. The molecule has 0 bridgehead atoms. The Balaban J connectivity index is 1.74. The molecule has 2 rings (SSSR count). The van der Waals surface area contributed by atoms with Crippen LogP contribution in [0.2, 0.25) is 0 Å². The number of hydrogen-bond acceptors (Lipinski definition) is 5. The number of carbonyl (C=O) groups excluding carboxylic acids is 1. The van der Waals surface area contributed by atoms with Gasteiger partial charge in [-0.15, -0.1) is 0 Å². The Bertz CT molecular complexity index is 669. The summed E-state index contributed by atoms with van der Waals surface area (Å²) < 4.78 is 18.6. The SMILES string of the molecule is COc1ccc(C(C)NC(=O)NCCNc2cnccn2)cc1F. The number of nitrogens with zero attached hydrogens (tertiary/aromatic N) is 2. The zero-order chi connectivity index (χ0) is 17.4. The number of methoxy groups -OCH3 is 1. The summed E-state index contributed by atoms with van der Waals surface area (Å²) in [4.78, 5) is 19.8. The summed E-state index contributed by atoms with van der Waals surface area (Å²) in [5.41, 5.74) is 0.654. The second kappa shape index (κ2) is 8.66. The van der Waals surface area contributed by atoms with Gasteiger partial charge in [0.25, 0.3) is 0 Å². The van der Waals surface area contributed by atoms with E-state index in [2.05, 4.69) is 25.9 Å². The van der Waals surface area contributed by atoms with Crippen molar-refractivity contribution in [2.24, 2.45) is 0 Å². The van der Waals surface area contributed by atoms with Gasteiger partial charge in [0.2, 0.25) is 0 Å². The van der Waals surface area contributed by atoms with E-state index in [1.165, 1.54) is 19.2 Å². The standard InChI is InChI=1S/C16H20FN5O2/c1-11(12-3-4-14(24-2)13(17)9-12)22-16(23)21-8-7-20-15-10-18-5-6-19-15/h3-6,9-11H,7-8H2,1-2H3,(H,19,20)(H2,21,22,23). The van der Waals surface area contributed by atoms with Crippen molar-refractivity contribution in [2.75, 3.05) is 25.5 Å². The first kappa shape index (κ1) is 17.5. The maximum Gasteiger partial charge on any atom is 0.315 e. The minimum absolute atomic E-state index is 0.172. The Labute approximate surface area is 139 Å². The molecular weight excluding hydrogens is 313 g/mol. The fourth-order valence-corrected chi connectivity index (χ4v) is 2.04. The number of hydrogen-bond donors (Lipinski definition) is 3. The lowest BCUT2D eigenvalue weighted by Gasteiger charge is -2.16. The second-order valence-corrected chi connectivity index (χ2v) is 5.03. The zero-order valence-electron chi connectivity index (χ0n) is 13.5. The van der Waals surface area contributed by atoms with Crippen molar-refractivity contribution in [3.05, 3.63) is 48.2 Å². The van der Waals surface area contributed by atoms with E-state index in [0.29, 0.717) is 24.5 Å². The van der Waals surface area contributed by atoms with Crippen molar-refractivity contribution in [3.8, 4) is 5.75 Å². The molecule has 0 saturated heterocycles. The third-order valence-corrected chi connectivity index (χ3v) is 3.30. The Morgan fingerprint density at radius 2 is 2.17 bits per heavy atom. The summed E-state index contributed by atoms with van der Waals surface area (Å²) in [5, 5.41) is 8.48. The lowest BCUT2D eigenvalue weighted by Crippen LogP contribution is -2.39. The van der Waals surface area contributed by atoms with Crippen LogP contribution in [0, 0.1) is 5.82 Å². The van der Waals surface area contributed by atoms with Gasteiger partial charge in [0.15, 0.2) is 11.6 Å². The lowest BCUT2D eigenvalue weighted by molar-refractivity contribution is 0.238. The number of amides is 2. The van der Waals surface area contributed by atoms with E-state index >= 15 is 0 Å². The molecule has 0 saturated carbocycles. The highest BCUT2D eigenvalue weighted by molar-refractivity contribution is 5.74. The smallest absolute Gasteiger partial charge is 0.315 e. The monoisotopic (exact) mass is 333 g/mol. The van der Waals surface area contributed by atoms with Crippen molar-refractivity contribution in [1.82, 2.24) is 20.6 Å². The molecule has 1 aromatic heterocycles. The van der Waals surface area contributed by atoms with E-state index < -0.39 is 5.82 Å². The summed E-state index contributed by atoms with van der Waals surface area (Å²) in [6.45, 7) is 2.70. The largest absolute Gasteiger partial charge is 0.494 e. The average molecular weight is 333 g/mol. The number of nitrogens with one attached hydrogen (secondary N) is 3. The first-order valence-electron chi connectivity index (χ1n) is 7.48.